The van der Waals surface area contributed by atoms with Crippen LogP contribution in [0.25, 0.3) is 15.9 Å². The Hall–Kier alpha value is -3.32. The molecule has 0 aliphatic carbocycles. The molecular weight excluding hydrogens is 386 g/mol. The lowest BCUT2D eigenvalue weighted by atomic mass is 10.2. The normalized spacial score (nSPS) is 10.9. The second-order valence-electron chi connectivity index (χ2n) is 6.52. The van der Waals surface area contributed by atoms with Crippen LogP contribution in [-0.2, 0) is 6.54 Å². The molecule has 0 spiro atoms. The predicted molar refractivity (Wildman–Crippen MR) is 114 cm³/mol. The van der Waals surface area contributed by atoms with Crippen LogP contribution in [0.15, 0.2) is 54.6 Å². The van der Waals surface area contributed by atoms with Gasteiger partial charge in [0, 0.05) is 17.5 Å². The molecule has 2 aromatic heterocycles. The maximum absolute atomic E-state index is 12.8. The number of nitrogens with zero attached hydrogens (tertiary/aromatic N) is 2. The zero-order valence-corrected chi connectivity index (χ0v) is 17.2. The molecule has 1 amide bonds. The quantitative estimate of drug-likeness (QED) is 0.516. The van der Waals surface area contributed by atoms with Crippen LogP contribution < -0.4 is 14.8 Å². The minimum Gasteiger partial charge on any atom is -0.497 e. The molecule has 4 rings (SSSR count). The van der Waals surface area contributed by atoms with Crippen molar-refractivity contribution in [2.24, 2.45) is 0 Å². The van der Waals surface area contributed by atoms with E-state index >= 15 is 0 Å². The van der Waals surface area contributed by atoms with Gasteiger partial charge in [-0.2, -0.15) is 5.10 Å². The van der Waals surface area contributed by atoms with E-state index in [0.717, 1.165) is 32.9 Å². The Morgan fingerprint density at radius 1 is 1.10 bits per heavy atom. The highest BCUT2D eigenvalue weighted by Crippen LogP contribution is 2.30. The van der Waals surface area contributed by atoms with Gasteiger partial charge in [-0.15, -0.1) is 11.3 Å². The van der Waals surface area contributed by atoms with Crippen molar-refractivity contribution in [3.8, 4) is 17.2 Å². The van der Waals surface area contributed by atoms with Gasteiger partial charge in [-0.25, -0.2) is 4.68 Å². The van der Waals surface area contributed by atoms with Crippen LogP contribution in [0.2, 0.25) is 0 Å². The number of hydrogen-bond donors (Lipinski definition) is 1. The van der Waals surface area contributed by atoms with Gasteiger partial charge >= 0.3 is 0 Å². The van der Waals surface area contributed by atoms with Crippen molar-refractivity contribution in [1.82, 2.24) is 15.1 Å². The SMILES string of the molecule is COc1ccc(OC)c(CNC(=O)c2cc3c(C)nn(-c4ccccc4)c3s2)c1. The molecular formula is C22H21N3O3S. The molecule has 4 aromatic rings. The Labute approximate surface area is 172 Å². The van der Waals surface area contributed by atoms with E-state index in [1.54, 1.807) is 14.2 Å². The van der Waals surface area contributed by atoms with Crippen molar-refractivity contribution in [3.63, 3.8) is 0 Å². The van der Waals surface area contributed by atoms with Crippen LogP contribution in [0.3, 0.4) is 0 Å². The summed E-state index contributed by atoms with van der Waals surface area (Å²) in [5.41, 5.74) is 2.72. The summed E-state index contributed by atoms with van der Waals surface area (Å²) in [5, 5.41) is 8.59. The van der Waals surface area contributed by atoms with E-state index in [9.17, 15) is 4.79 Å². The molecule has 0 atom stereocenters. The number of hydrogen-bond acceptors (Lipinski definition) is 5. The summed E-state index contributed by atoms with van der Waals surface area (Å²) in [6, 6.07) is 17.3. The van der Waals surface area contributed by atoms with Gasteiger partial charge in [0.2, 0.25) is 0 Å². The lowest BCUT2D eigenvalue weighted by Gasteiger charge is -2.11. The van der Waals surface area contributed by atoms with Crippen molar-refractivity contribution in [1.29, 1.82) is 0 Å². The van der Waals surface area contributed by atoms with E-state index in [4.69, 9.17) is 9.47 Å². The first-order valence-corrected chi connectivity index (χ1v) is 9.96. The van der Waals surface area contributed by atoms with Gasteiger partial charge in [-0.3, -0.25) is 4.79 Å². The van der Waals surface area contributed by atoms with Crippen molar-refractivity contribution in [2.75, 3.05) is 14.2 Å². The number of nitrogens with one attached hydrogen (secondary N) is 1. The second kappa shape index (κ2) is 7.97. The number of ether oxygens (including phenoxy) is 2. The first-order valence-electron chi connectivity index (χ1n) is 9.14. The number of benzene rings is 2. The molecule has 7 heteroatoms. The number of thiophene rings is 1. The van der Waals surface area contributed by atoms with Crippen LogP contribution in [-0.4, -0.2) is 29.9 Å². The van der Waals surface area contributed by atoms with Crippen molar-refractivity contribution >= 4 is 27.5 Å². The summed E-state index contributed by atoms with van der Waals surface area (Å²) >= 11 is 1.43. The summed E-state index contributed by atoms with van der Waals surface area (Å²) in [5.74, 6) is 1.29. The molecule has 148 valence electrons. The third-order valence-electron chi connectivity index (χ3n) is 4.70. The highest BCUT2D eigenvalue weighted by atomic mass is 32.1. The molecule has 0 bridgehead atoms. The molecule has 0 saturated heterocycles. The number of methoxy groups -OCH3 is 2. The molecule has 1 N–H and O–H groups in total. The van der Waals surface area contributed by atoms with Crippen LogP contribution >= 0.6 is 11.3 Å². The zero-order valence-electron chi connectivity index (χ0n) is 16.4. The Morgan fingerprint density at radius 3 is 2.62 bits per heavy atom. The summed E-state index contributed by atoms with van der Waals surface area (Å²) in [4.78, 5) is 14.4. The number of aromatic nitrogens is 2. The van der Waals surface area contributed by atoms with Gasteiger partial charge < -0.3 is 14.8 Å². The molecule has 0 radical (unpaired) electrons. The largest absolute Gasteiger partial charge is 0.497 e. The standard InChI is InChI=1S/C22H21N3O3S/c1-14-18-12-20(29-22(18)25(24-14)16-7-5-4-6-8-16)21(26)23-13-15-11-17(27-2)9-10-19(15)28-3/h4-12H,13H2,1-3H3,(H,23,26). The number of carbonyl (C=O) groups excluding carboxylic acids is 1. The molecule has 0 aliphatic rings. The van der Waals surface area contributed by atoms with Crippen LogP contribution in [0.1, 0.15) is 20.9 Å². The molecule has 6 nitrogen and oxygen atoms in total. The number of carbonyl (C=O) groups is 1. The Kier molecular flexibility index (Phi) is 5.22. The molecule has 0 fully saturated rings. The third-order valence-corrected chi connectivity index (χ3v) is 5.81. The van der Waals surface area contributed by atoms with Crippen molar-refractivity contribution in [2.45, 2.75) is 13.5 Å². The number of amides is 1. The number of fused-ring (bicyclic) bond motifs is 1. The van der Waals surface area contributed by atoms with Gasteiger partial charge in [0.05, 0.1) is 30.5 Å². The van der Waals surface area contributed by atoms with Crippen LogP contribution in [0.5, 0.6) is 11.5 Å². The average molecular weight is 407 g/mol. The molecule has 0 aliphatic heterocycles. The van der Waals surface area contributed by atoms with Crippen LogP contribution in [0.4, 0.5) is 0 Å². The highest BCUT2D eigenvalue weighted by Gasteiger charge is 2.17. The van der Waals surface area contributed by atoms with E-state index in [1.807, 2.05) is 66.2 Å². The van der Waals surface area contributed by atoms with Gasteiger partial charge in [-0.1, -0.05) is 18.2 Å². The summed E-state index contributed by atoms with van der Waals surface area (Å²) in [6.45, 7) is 2.30. The second-order valence-corrected chi connectivity index (χ2v) is 7.55. The Bertz CT molecular complexity index is 1160. The number of aryl methyl sites for hydroxylation is 1. The maximum atomic E-state index is 12.8. The predicted octanol–water partition coefficient (Wildman–Crippen LogP) is 4.34. The van der Waals surface area contributed by atoms with Crippen molar-refractivity contribution in [3.05, 3.63) is 70.7 Å². The first-order chi connectivity index (χ1) is 14.1. The fraction of sp³-hybridized carbons (Fsp3) is 0.182. The highest BCUT2D eigenvalue weighted by molar-refractivity contribution is 7.20. The molecule has 29 heavy (non-hydrogen) atoms. The molecule has 0 unspecified atom stereocenters. The van der Waals surface area contributed by atoms with E-state index in [-0.39, 0.29) is 5.91 Å². The van der Waals surface area contributed by atoms with Gasteiger partial charge in [0.25, 0.3) is 5.91 Å². The monoisotopic (exact) mass is 407 g/mol. The van der Waals surface area contributed by atoms with Gasteiger partial charge in [0.1, 0.15) is 16.3 Å². The molecule has 2 heterocycles. The molecule has 0 saturated carbocycles. The van der Waals surface area contributed by atoms with E-state index in [1.165, 1.54) is 11.3 Å². The van der Waals surface area contributed by atoms with Crippen molar-refractivity contribution < 1.29 is 14.3 Å². The third kappa shape index (κ3) is 3.69. The summed E-state index contributed by atoms with van der Waals surface area (Å²) < 4.78 is 12.5. The lowest BCUT2D eigenvalue weighted by Crippen LogP contribution is -2.22. The Balaban J connectivity index is 1.59. The Morgan fingerprint density at radius 2 is 1.90 bits per heavy atom. The fourth-order valence-corrected chi connectivity index (χ4v) is 4.29. The number of rotatable bonds is 6. The topological polar surface area (TPSA) is 65.4 Å². The lowest BCUT2D eigenvalue weighted by molar-refractivity contribution is 0.0954. The summed E-state index contributed by atoms with van der Waals surface area (Å²) in [6.07, 6.45) is 0. The minimum absolute atomic E-state index is 0.130. The first kappa shape index (κ1) is 19.0. The smallest absolute Gasteiger partial charge is 0.261 e. The number of para-hydroxylation sites is 1. The van der Waals surface area contributed by atoms with E-state index in [2.05, 4.69) is 10.4 Å². The minimum atomic E-state index is -0.130. The molecule has 2 aromatic carbocycles. The average Bonchev–Trinajstić information content (AvgIpc) is 3.33. The van der Waals surface area contributed by atoms with Crippen LogP contribution in [0, 0.1) is 6.92 Å². The van der Waals surface area contributed by atoms with E-state index < -0.39 is 0 Å². The van der Waals surface area contributed by atoms with Gasteiger partial charge in [-0.05, 0) is 43.3 Å². The van der Waals surface area contributed by atoms with Gasteiger partial charge in [0.15, 0.2) is 0 Å². The van der Waals surface area contributed by atoms with E-state index in [0.29, 0.717) is 17.2 Å². The summed E-state index contributed by atoms with van der Waals surface area (Å²) in [7, 11) is 3.22. The maximum Gasteiger partial charge on any atom is 0.261 e. The zero-order chi connectivity index (χ0) is 20.4. The fourth-order valence-electron chi connectivity index (χ4n) is 3.19.